The number of halogens is 1. The van der Waals surface area contributed by atoms with Crippen LogP contribution in [0.4, 0.5) is 0 Å². The first-order valence-electron chi connectivity index (χ1n) is 4.86. The third-order valence-electron chi connectivity index (χ3n) is 2.32. The molecule has 0 atom stereocenters. The van der Waals surface area contributed by atoms with Crippen molar-refractivity contribution in [3.05, 3.63) is 29.6 Å². The first-order chi connectivity index (χ1) is 8.65. The van der Waals surface area contributed by atoms with Crippen LogP contribution in [0.25, 0.3) is 17.0 Å². The van der Waals surface area contributed by atoms with Crippen molar-refractivity contribution in [2.75, 3.05) is 0 Å². The number of rotatable bonds is 2. The number of hydrogen-bond acceptors (Lipinski definition) is 5. The second-order valence-corrected chi connectivity index (χ2v) is 3.79. The largest absolute Gasteiger partial charge is 0.366 e. The van der Waals surface area contributed by atoms with Crippen molar-refractivity contribution in [3.8, 4) is 5.82 Å². The number of carbonyl (C=O) groups excluding carboxylic acids is 1. The number of amides is 1. The van der Waals surface area contributed by atoms with Gasteiger partial charge >= 0.3 is 0 Å². The molecule has 0 fully saturated rings. The van der Waals surface area contributed by atoms with Crippen LogP contribution in [0.5, 0.6) is 0 Å². The van der Waals surface area contributed by atoms with Crippen molar-refractivity contribution >= 4 is 28.7 Å². The molecular weight excluding hydrogens is 258 g/mol. The van der Waals surface area contributed by atoms with Crippen LogP contribution in [0.2, 0.25) is 5.28 Å². The van der Waals surface area contributed by atoms with Gasteiger partial charge in [-0.05, 0) is 11.6 Å². The first-order valence-corrected chi connectivity index (χ1v) is 5.24. The number of H-pyrrole nitrogens is 1. The second kappa shape index (κ2) is 3.77. The lowest BCUT2D eigenvalue weighted by Crippen LogP contribution is -2.09. The lowest BCUT2D eigenvalue weighted by atomic mass is 10.3. The Balaban J connectivity index is 2.23. The Hall–Kier alpha value is -2.48. The second-order valence-electron chi connectivity index (χ2n) is 3.46. The number of nitrogens with two attached hydrogens (primary N) is 1. The predicted molar refractivity (Wildman–Crippen MR) is 62.3 cm³/mol. The van der Waals surface area contributed by atoms with Crippen molar-refractivity contribution in [1.82, 2.24) is 29.7 Å². The van der Waals surface area contributed by atoms with Gasteiger partial charge in [-0.25, -0.2) is 9.67 Å². The van der Waals surface area contributed by atoms with Crippen molar-refractivity contribution in [1.29, 1.82) is 0 Å². The van der Waals surface area contributed by atoms with Crippen LogP contribution in [-0.2, 0) is 0 Å². The molecular formula is C9H6ClN7O. The monoisotopic (exact) mass is 263 g/mol. The fraction of sp³-hybridized carbons (Fsp3) is 0. The minimum absolute atomic E-state index is 0.0423. The van der Waals surface area contributed by atoms with Gasteiger partial charge in [0.2, 0.25) is 5.28 Å². The van der Waals surface area contributed by atoms with E-state index in [0.717, 1.165) is 0 Å². The maximum atomic E-state index is 11.0. The summed E-state index contributed by atoms with van der Waals surface area (Å²) >= 11 is 5.79. The van der Waals surface area contributed by atoms with Crippen LogP contribution in [0.1, 0.15) is 10.4 Å². The number of hydrogen-bond donors (Lipinski definition) is 2. The first kappa shape index (κ1) is 10.7. The van der Waals surface area contributed by atoms with E-state index in [9.17, 15) is 4.79 Å². The molecule has 0 saturated heterocycles. The van der Waals surface area contributed by atoms with Crippen LogP contribution in [0, 0.1) is 0 Å². The highest BCUT2D eigenvalue weighted by atomic mass is 35.5. The van der Waals surface area contributed by atoms with E-state index < -0.39 is 5.91 Å². The lowest BCUT2D eigenvalue weighted by molar-refractivity contribution is 0.100. The number of aromatic nitrogens is 6. The zero-order valence-electron chi connectivity index (χ0n) is 8.83. The van der Waals surface area contributed by atoms with E-state index in [2.05, 4.69) is 25.0 Å². The molecule has 0 aromatic carbocycles. The Morgan fingerprint density at radius 3 is 3.00 bits per heavy atom. The minimum atomic E-state index is -0.567. The van der Waals surface area contributed by atoms with E-state index in [0.29, 0.717) is 17.0 Å². The molecule has 0 spiro atoms. The SMILES string of the molecule is NC(=O)c1cnn(-c2nc(Cl)nc3nc[nH]c23)c1. The Kier molecular flexibility index (Phi) is 2.23. The zero-order chi connectivity index (χ0) is 12.7. The number of primary amides is 1. The maximum absolute atomic E-state index is 11.0. The molecule has 0 radical (unpaired) electrons. The van der Waals surface area contributed by atoms with E-state index in [-0.39, 0.29) is 10.8 Å². The van der Waals surface area contributed by atoms with E-state index in [1.807, 2.05) is 0 Å². The van der Waals surface area contributed by atoms with Crippen molar-refractivity contribution in [2.24, 2.45) is 5.73 Å². The van der Waals surface area contributed by atoms with Gasteiger partial charge in [0.25, 0.3) is 5.91 Å². The summed E-state index contributed by atoms with van der Waals surface area (Å²) in [4.78, 5) is 25.9. The molecule has 0 aliphatic rings. The molecule has 1 amide bonds. The molecule has 0 saturated carbocycles. The molecule has 3 heterocycles. The Morgan fingerprint density at radius 1 is 1.44 bits per heavy atom. The predicted octanol–water partition coefficient (Wildman–Crippen LogP) is 0.291. The highest BCUT2D eigenvalue weighted by molar-refractivity contribution is 6.28. The third-order valence-corrected chi connectivity index (χ3v) is 2.49. The topological polar surface area (TPSA) is 115 Å². The Morgan fingerprint density at radius 2 is 2.28 bits per heavy atom. The molecule has 8 nitrogen and oxygen atoms in total. The molecule has 9 heteroatoms. The fourth-order valence-electron chi connectivity index (χ4n) is 1.52. The summed E-state index contributed by atoms with van der Waals surface area (Å²) in [5.74, 6) is -0.169. The normalized spacial score (nSPS) is 10.9. The standard InChI is InChI=1S/C9H6ClN7O/c10-9-15-7-5(12-3-13-7)8(16-9)17-2-4(1-14-17)6(11)18/h1-3H,(H2,11,18)(H,12,13,15,16). The molecule has 3 aromatic heterocycles. The van der Waals surface area contributed by atoms with Gasteiger partial charge in [0.1, 0.15) is 5.52 Å². The number of nitrogens with zero attached hydrogens (tertiary/aromatic N) is 5. The Labute approximate surface area is 105 Å². The highest BCUT2D eigenvalue weighted by Gasteiger charge is 2.13. The van der Waals surface area contributed by atoms with Gasteiger partial charge in [-0.15, -0.1) is 0 Å². The van der Waals surface area contributed by atoms with E-state index in [1.165, 1.54) is 23.4 Å². The average molecular weight is 264 g/mol. The van der Waals surface area contributed by atoms with Gasteiger partial charge in [-0.3, -0.25) is 4.79 Å². The summed E-state index contributed by atoms with van der Waals surface area (Å²) in [6, 6.07) is 0. The molecule has 3 rings (SSSR count). The van der Waals surface area contributed by atoms with Crippen LogP contribution >= 0.6 is 11.6 Å². The van der Waals surface area contributed by atoms with Crippen molar-refractivity contribution in [3.63, 3.8) is 0 Å². The van der Waals surface area contributed by atoms with Crippen LogP contribution in [0.3, 0.4) is 0 Å². The van der Waals surface area contributed by atoms with Crippen LogP contribution in [0.15, 0.2) is 18.7 Å². The van der Waals surface area contributed by atoms with Gasteiger partial charge in [-0.1, -0.05) is 0 Å². The summed E-state index contributed by atoms with van der Waals surface area (Å²) < 4.78 is 1.38. The summed E-state index contributed by atoms with van der Waals surface area (Å²) in [5, 5.41) is 4.04. The fourth-order valence-corrected chi connectivity index (χ4v) is 1.68. The molecule has 0 bridgehead atoms. The highest BCUT2D eigenvalue weighted by Crippen LogP contribution is 2.17. The van der Waals surface area contributed by atoms with E-state index in [1.54, 1.807) is 0 Å². The summed E-state index contributed by atoms with van der Waals surface area (Å²) in [5.41, 5.74) is 6.42. The molecule has 18 heavy (non-hydrogen) atoms. The quantitative estimate of drug-likeness (QED) is 0.645. The van der Waals surface area contributed by atoms with E-state index >= 15 is 0 Å². The Bertz CT molecular complexity index is 746. The van der Waals surface area contributed by atoms with Gasteiger partial charge < -0.3 is 10.7 Å². The summed E-state index contributed by atoms with van der Waals surface area (Å²) in [6.07, 6.45) is 4.28. The van der Waals surface area contributed by atoms with Gasteiger partial charge in [0.05, 0.1) is 18.1 Å². The molecule has 3 N–H and O–H groups in total. The third kappa shape index (κ3) is 1.59. The minimum Gasteiger partial charge on any atom is -0.366 e. The van der Waals surface area contributed by atoms with Gasteiger partial charge in [0, 0.05) is 6.20 Å². The molecule has 0 unspecified atom stereocenters. The molecule has 0 aliphatic heterocycles. The van der Waals surface area contributed by atoms with Gasteiger partial charge in [0.15, 0.2) is 11.5 Å². The molecule has 90 valence electrons. The zero-order valence-corrected chi connectivity index (χ0v) is 9.59. The number of imidazole rings is 1. The van der Waals surface area contributed by atoms with Crippen LogP contribution in [-0.4, -0.2) is 35.6 Å². The van der Waals surface area contributed by atoms with Crippen molar-refractivity contribution < 1.29 is 4.79 Å². The number of fused-ring (bicyclic) bond motifs is 1. The average Bonchev–Trinajstić information content (AvgIpc) is 2.95. The summed E-state index contributed by atoms with van der Waals surface area (Å²) in [7, 11) is 0. The lowest BCUT2D eigenvalue weighted by Gasteiger charge is -2.01. The molecule has 3 aromatic rings. The molecule has 0 aliphatic carbocycles. The smallest absolute Gasteiger partial charge is 0.251 e. The number of nitrogens with one attached hydrogen (secondary N) is 1. The van der Waals surface area contributed by atoms with Crippen molar-refractivity contribution in [2.45, 2.75) is 0 Å². The summed E-state index contributed by atoms with van der Waals surface area (Å²) in [6.45, 7) is 0. The maximum Gasteiger partial charge on any atom is 0.251 e. The number of carbonyl (C=O) groups is 1. The number of aromatic amines is 1. The van der Waals surface area contributed by atoms with E-state index in [4.69, 9.17) is 17.3 Å². The van der Waals surface area contributed by atoms with Gasteiger partial charge in [-0.2, -0.15) is 15.1 Å². The van der Waals surface area contributed by atoms with Crippen LogP contribution < -0.4 is 5.73 Å².